The number of amides is 2. The highest BCUT2D eigenvalue weighted by Crippen LogP contribution is 2.10. The number of rotatable bonds is 7. The van der Waals surface area contributed by atoms with Gasteiger partial charge in [-0.1, -0.05) is 27.7 Å². The molecule has 0 aromatic heterocycles. The standard InChI is InChI=1S/C13H26N2O3/c1-6-15(8-9(2)3)13(18)14-7-11(10(4)5)12(16)17/h9-11H,6-8H2,1-5H3,(H,14,18)(H,16,17). The first kappa shape index (κ1) is 16.7. The Hall–Kier alpha value is -1.26. The smallest absolute Gasteiger partial charge is 0.317 e. The molecule has 0 fully saturated rings. The highest BCUT2D eigenvalue weighted by Gasteiger charge is 2.23. The van der Waals surface area contributed by atoms with Crippen LogP contribution in [0.4, 0.5) is 4.79 Å². The number of carbonyl (C=O) groups is 2. The second kappa shape index (κ2) is 7.95. The van der Waals surface area contributed by atoms with Crippen LogP contribution in [0, 0.1) is 17.8 Å². The number of nitrogens with zero attached hydrogens (tertiary/aromatic N) is 1. The van der Waals surface area contributed by atoms with Crippen LogP contribution < -0.4 is 5.32 Å². The summed E-state index contributed by atoms with van der Waals surface area (Å²) in [6.07, 6.45) is 0. The lowest BCUT2D eigenvalue weighted by Crippen LogP contribution is -2.45. The molecule has 5 heteroatoms. The Morgan fingerprint density at radius 2 is 1.78 bits per heavy atom. The lowest BCUT2D eigenvalue weighted by molar-refractivity contribution is -0.142. The van der Waals surface area contributed by atoms with E-state index in [0.29, 0.717) is 19.0 Å². The van der Waals surface area contributed by atoms with Gasteiger partial charge >= 0.3 is 12.0 Å². The van der Waals surface area contributed by atoms with Crippen molar-refractivity contribution in [2.24, 2.45) is 17.8 Å². The van der Waals surface area contributed by atoms with Gasteiger partial charge in [-0.25, -0.2) is 4.79 Å². The molecule has 1 atom stereocenters. The van der Waals surface area contributed by atoms with Crippen molar-refractivity contribution in [3.05, 3.63) is 0 Å². The molecule has 0 aromatic rings. The summed E-state index contributed by atoms with van der Waals surface area (Å²) in [5.74, 6) is -0.997. The summed E-state index contributed by atoms with van der Waals surface area (Å²) >= 11 is 0. The predicted octanol–water partition coefficient (Wildman–Crippen LogP) is 2.03. The SMILES string of the molecule is CCN(CC(C)C)C(=O)NCC(C(=O)O)C(C)C. The molecule has 1 unspecified atom stereocenters. The van der Waals surface area contributed by atoms with E-state index >= 15 is 0 Å². The predicted molar refractivity (Wildman–Crippen MR) is 71.4 cm³/mol. The van der Waals surface area contributed by atoms with E-state index < -0.39 is 11.9 Å². The van der Waals surface area contributed by atoms with Crippen LogP contribution in [0.5, 0.6) is 0 Å². The molecular weight excluding hydrogens is 232 g/mol. The molecule has 2 amide bonds. The highest BCUT2D eigenvalue weighted by molar-refractivity contribution is 5.76. The second-order valence-corrected chi connectivity index (χ2v) is 5.31. The third-order valence-corrected chi connectivity index (χ3v) is 2.85. The van der Waals surface area contributed by atoms with E-state index in [1.54, 1.807) is 4.90 Å². The molecule has 2 N–H and O–H groups in total. The fraction of sp³-hybridized carbons (Fsp3) is 0.846. The summed E-state index contributed by atoms with van der Waals surface area (Å²) in [7, 11) is 0. The van der Waals surface area contributed by atoms with Gasteiger partial charge in [0.2, 0.25) is 0 Å². The molecule has 0 saturated carbocycles. The summed E-state index contributed by atoms with van der Waals surface area (Å²) in [5.41, 5.74) is 0. The lowest BCUT2D eigenvalue weighted by Gasteiger charge is -2.25. The molecule has 18 heavy (non-hydrogen) atoms. The fourth-order valence-corrected chi connectivity index (χ4v) is 1.71. The van der Waals surface area contributed by atoms with Crippen LogP contribution in [-0.4, -0.2) is 41.6 Å². The first-order valence-electron chi connectivity index (χ1n) is 6.55. The van der Waals surface area contributed by atoms with Crippen LogP contribution >= 0.6 is 0 Å². The van der Waals surface area contributed by atoms with E-state index in [2.05, 4.69) is 5.32 Å². The minimum Gasteiger partial charge on any atom is -0.481 e. The van der Waals surface area contributed by atoms with E-state index in [1.165, 1.54) is 0 Å². The zero-order chi connectivity index (χ0) is 14.3. The minimum absolute atomic E-state index is 0.00275. The summed E-state index contributed by atoms with van der Waals surface area (Å²) in [5, 5.41) is 11.7. The van der Waals surface area contributed by atoms with Crippen LogP contribution in [0.3, 0.4) is 0 Å². The van der Waals surface area contributed by atoms with Crippen molar-refractivity contribution < 1.29 is 14.7 Å². The van der Waals surface area contributed by atoms with Crippen molar-refractivity contribution in [3.8, 4) is 0 Å². The van der Waals surface area contributed by atoms with Crippen LogP contribution in [0.15, 0.2) is 0 Å². The number of aliphatic carboxylic acids is 1. The summed E-state index contributed by atoms with van der Waals surface area (Å²) in [4.78, 5) is 24.6. The highest BCUT2D eigenvalue weighted by atomic mass is 16.4. The summed E-state index contributed by atoms with van der Waals surface area (Å²) < 4.78 is 0. The topological polar surface area (TPSA) is 69.6 Å². The van der Waals surface area contributed by atoms with E-state index in [9.17, 15) is 9.59 Å². The zero-order valence-corrected chi connectivity index (χ0v) is 12.1. The maximum Gasteiger partial charge on any atom is 0.317 e. The maximum atomic E-state index is 11.9. The number of carbonyl (C=O) groups excluding carboxylic acids is 1. The van der Waals surface area contributed by atoms with E-state index in [0.717, 1.165) is 0 Å². The number of hydrogen-bond donors (Lipinski definition) is 2. The number of carboxylic acid groups (broad SMARTS) is 1. The average molecular weight is 258 g/mol. The average Bonchev–Trinajstić information content (AvgIpc) is 2.24. The first-order valence-corrected chi connectivity index (χ1v) is 6.55. The number of hydrogen-bond acceptors (Lipinski definition) is 2. The number of nitrogens with one attached hydrogen (secondary N) is 1. The van der Waals surface area contributed by atoms with Gasteiger partial charge in [-0.05, 0) is 18.8 Å². The van der Waals surface area contributed by atoms with Gasteiger partial charge in [0.1, 0.15) is 0 Å². The van der Waals surface area contributed by atoms with Crippen molar-refractivity contribution in [3.63, 3.8) is 0 Å². The van der Waals surface area contributed by atoms with Gasteiger partial charge in [-0.3, -0.25) is 4.79 Å². The third kappa shape index (κ3) is 5.89. The normalized spacial score (nSPS) is 12.6. The van der Waals surface area contributed by atoms with Crippen LogP contribution in [0.25, 0.3) is 0 Å². The Morgan fingerprint density at radius 3 is 2.11 bits per heavy atom. The quantitative estimate of drug-likeness (QED) is 0.734. The second-order valence-electron chi connectivity index (χ2n) is 5.31. The molecule has 0 aromatic carbocycles. The molecule has 0 aliphatic rings. The Balaban J connectivity index is 4.33. The largest absolute Gasteiger partial charge is 0.481 e. The maximum absolute atomic E-state index is 11.9. The molecule has 0 radical (unpaired) electrons. The van der Waals surface area contributed by atoms with E-state index in [1.807, 2.05) is 34.6 Å². The monoisotopic (exact) mass is 258 g/mol. The summed E-state index contributed by atoms with van der Waals surface area (Å²) in [6, 6.07) is -0.182. The molecule has 0 bridgehead atoms. The van der Waals surface area contributed by atoms with Crippen molar-refractivity contribution in [2.45, 2.75) is 34.6 Å². The molecule has 0 rings (SSSR count). The van der Waals surface area contributed by atoms with Gasteiger partial charge in [0.05, 0.1) is 5.92 Å². The zero-order valence-electron chi connectivity index (χ0n) is 12.1. The third-order valence-electron chi connectivity index (χ3n) is 2.85. The van der Waals surface area contributed by atoms with Crippen LogP contribution in [0.1, 0.15) is 34.6 Å². The van der Waals surface area contributed by atoms with Crippen molar-refractivity contribution >= 4 is 12.0 Å². The van der Waals surface area contributed by atoms with Gasteiger partial charge in [-0.2, -0.15) is 0 Å². The fourth-order valence-electron chi connectivity index (χ4n) is 1.71. The van der Waals surface area contributed by atoms with Gasteiger partial charge < -0.3 is 15.3 Å². The van der Waals surface area contributed by atoms with E-state index in [4.69, 9.17) is 5.11 Å². The van der Waals surface area contributed by atoms with Gasteiger partial charge in [-0.15, -0.1) is 0 Å². The Morgan fingerprint density at radius 1 is 1.22 bits per heavy atom. The molecule has 0 heterocycles. The Bertz CT molecular complexity index is 277. The Kier molecular flexibility index (Phi) is 7.39. The lowest BCUT2D eigenvalue weighted by atomic mass is 9.96. The molecule has 0 spiro atoms. The number of urea groups is 1. The van der Waals surface area contributed by atoms with Crippen molar-refractivity contribution in [1.82, 2.24) is 10.2 Å². The van der Waals surface area contributed by atoms with Gasteiger partial charge in [0, 0.05) is 19.6 Å². The first-order chi connectivity index (χ1) is 8.29. The Labute approximate surface area is 110 Å². The molecule has 106 valence electrons. The van der Waals surface area contributed by atoms with Crippen molar-refractivity contribution in [2.75, 3.05) is 19.6 Å². The molecular formula is C13H26N2O3. The summed E-state index contributed by atoms with van der Waals surface area (Å²) in [6.45, 7) is 11.2. The minimum atomic E-state index is -0.864. The van der Waals surface area contributed by atoms with Gasteiger partial charge in [0.15, 0.2) is 0 Å². The van der Waals surface area contributed by atoms with Crippen molar-refractivity contribution in [1.29, 1.82) is 0 Å². The van der Waals surface area contributed by atoms with Crippen LogP contribution in [0.2, 0.25) is 0 Å². The molecule has 5 nitrogen and oxygen atoms in total. The molecule has 0 saturated heterocycles. The van der Waals surface area contributed by atoms with E-state index in [-0.39, 0.29) is 18.5 Å². The molecule has 0 aliphatic carbocycles. The van der Waals surface area contributed by atoms with Crippen LogP contribution in [-0.2, 0) is 4.79 Å². The number of carboxylic acids is 1. The van der Waals surface area contributed by atoms with Gasteiger partial charge in [0.25, 0.3) is 0 Å². The molecule has 0 aliphatic heterocycles.